The molecule has 0 radical (unpaired) electrons. The summed E-state index contributed by atoms with van der Waals surface area (Å²) in [5, 5.41) is 0. The van der Waals surface area contributed by atoms with E-state index in [1.54, 1.807) is 0 Å². The molecule has 0 bridgehead atoms. The van der Waals surface area contributed by atoms with E-state index in [2.05, 4.69) is 43.1 Å². The van der Waals surface area contributed by atoms with Crippen LogP contribution in [0.5, 0.6) is 0 Å². The zero-order chi connectivity index (χ0) is 13.0. The second-order valence-electron chi connectivity index (χ2n) is 5.31. The third-order valence-corrected chi connectivity index (χ3v) is 3.39. The molecular weight excluding hydrogens is 224 g/mol. The lowest BCUT2D eigenvalue weighted by Gasteiger charge is -2.35. The highest BCUT2D eigenvalue weighted by Gasteiger charge is 2.22. The molecule has 1 aliphatic carbocycles. The average molecular weight is 248 g/mol. The predicted octanol–water partition coefficient (Wildman–Crippen LogP) is 2.21. The molecule has 1 fully saturated rings. The molecule has 3 nitrogen and oxygen atoms in total. The summed E-state index contributed by atoms with van der Waals surface area (Å²) in [7, 11) is 0. The molecule has 1 heterocycles. The van der Waals surface area contributed by atoms with Crippen LogP contribution in [0.25, 0.3) is 0 Å². The molecule has 3 heteroatoms. The maximum Gasteiger partial charge on any atom is 0.0678 e. The molecule has 2 atom stereocenters. The molecule has 1 saturated heterocycles. The van der Waals surface area contributed by atoms with Crippen molar-refractivity contribution < 1.29 is 4.74 Å². The van der Waals surface area contributed by atoms with E-state index in [4.69, 9.17) is 10.5 Å². The Hall–Kier alpha value is -1.06. The molecule has 0 aromatic carbocycles. The average Bonchev–Trinajstić information content (AvgIpc) is 2.28. The van der Waals surface area contributed by atoms with Gasteiger partial charge in [0.2, 0.25) is 0 Å². The van der Waals surface area contributed by atoms with Gasteiger partial charge in [0.15, 0.2) is 0 Å². The summed E-state index contributed by atoms with van der Waals surface area (Å²) in [4.78, 5) is 2.43. The number of allylic oxidation sites excluding steroid dienone is 4. The molecule has 0 amide bonds. The Morgan fingerprint density at radius 2 is 2.00 bits per heavy atom. The fourth-order valence-electron chi connectivity index (χ4n) is 2.64. The fourth-order valence-corrected chi connectivity index (χ4v) is 2.64. The van der Waals surface area contributed by atoms with Crippen LogP contribution >= 0.6 is 0 Å². The minimum absolute atomic E-state index is 0.309. The van der Waals surface area contributed by atoms with Gasteiger partial charge in [-0.05, 0) is 32.3 Å². The first-order valence-electron chi connectivity index (χ1n) is 6.84. The van der Waals surface area contributed by atoms with Crippen LogP contribution in [-0.2, 0) is 4.74 Å². The molecule has 0 unspecified atom stereocenters. The minimum atomic E-state index is 0.309. The number of hydrogen-bond acceptors (Lipinski definition) is 3. The van der Waals surface area contributed by atoms with E-state index < -0.39 is 0 Å². The monoisotopic (exact) mass is 248 g/mol. The van der Waals surface area contributed by atoms with Gasteiger partial charge in [0, 0.05) is 25.3 Å². The van der Waals surface area contributed by atoms with Crippen LogP contribution in [0, 0.1) is 0 Å². The summed E-state index contributed by atoms with van der Waals surface area (Å²) < 4.78 is 5.76. The van der Waals surface area contributed by atoms with Gasteiger partial charge in [-0.3, -0.25) is 4.90 Å². The van der Waals surface area contributed by atoms with Gasteiger partial charge in [0.25, 0.3) is 0 Å². The number of hydrogen-bond donors (Lipinski definition) is 1. The molecule has 0 spiro atoms. The minimum Gasteiger partial charge on any atom is -0.399 e. The molecule has 2 aliphatic rings. The Balaban J connectivity index is 2.02. The van der Waals surface area contributed by atoms with Gasteiger partial charge in [-0.2, -0.15) is 0 Å². The van der Waals surface area contributed by atoms with Gasteiger partial charge in [-0.25, -0.2) is 0 Å². The maximum absolute atomic E-state index is 6.14. The number of morpholine rings is 1. The van der Waals surface area contributed by atoms with Crippen molar-refractivity contribution in [3.8, 4) is 0 Å². The van der Waals surface area contributed by atoms with E-state index in [1.165, 1.54) is 5.57 Å². The summed E-state index contributed by atoms with van der Waals surface area (Å²) in [5.41, 5.74) is 8.30. The van der Waals surface area contributed by atoms with E-state index in [-0.39, 0.29) is 0 Å². The number of rotatable bonds is 2. The van der Waals surface area contributed by atoms with Crippen molar-refractivity contribution in [2.45, 2.75) is 38.9 Å². The Morgan fingerprint density at radius 1 is 1.28 bits per heavy atom. The third-order valence-electron chi connectivity index (χ3n) is 3.39. The Bertz CT molecular complexity index is 361. The highest BCUT2D eigenvalue weighted by Crippen LogP contribution is 2.16. The van der Waals surface area contributed by atoms with Crippen LogP contribution in [0.4, 0.5) is 0 Å². The number of ether oxygens (including phenoxy) is 1. The lowest BCUT2D eigenvalue weighted by atomic mass is 10.1. The van der Waals surface area contributed by atoms with Crippen LogP contribution < -0.4 is 5.73 Å². The molecular formula is C15H24N2O. The first-order chi connectivity index (χ1) is 8.65. The molecule has 1 aliphatic heterocycles. The Labute approximate surface area is 110 Å². The van der Waals surface area contributed by atoms with Crippen molar-refractivity contribution in [1.29, 1.82) is 0 Å². The van der Waals surface area contributed by atoms with Gasteiger partial charge < -0.3 is 10.5 Å². The predicted molar refractivity (Wildman–Crippen MR) is 75.2 cm³/mol. The zero-order valence-corrected chi connectivity index (χ0v) is 11.4. The van der Waals surface area contributed by atoms with Crippen LogP contribution in [0.1, 0.15) is 26.7 Å². The van der Waals surface area contributed by atoms with Crippen LogP contribution in [0.15, 0.2) is 35.6 Å². The van der Waals surface area contributed by atoms with Gasteiger partial charge in [-0.1, -0.05) is 24.3 Å². The first-order valence-corrected chi connectivity index (χ1v) is 6.84. The maximum atomic E-state index is 6.14. The van der Waals surface area contributed by atoms with E-state index >= 15 is 0 Å². The van der Waals surface area contributed by atoms with Crippen molar-refractivity contribution >= 4 is 0 Å². The summed E-state index contributed by atoms with van der Waals surface area (Å²) in [6.07, 6.45) is 11.4. The molecule has 0 saturated carbocycles. The first kappa shape index (κ1) is 13.4. The molecule has 18 heavy (non-hydrogen) atoms. The van der Waals surface area contributed by atoms with Crippen molar-refractivity contribution in [2.24, 2.45) is 5.73 Å². The highest BCUT2D eigenvalue weighted by molar-refractivity contribution is 5.33. The van der Waals surface area contributed by atoms with E-state index in [0.717, 1.165) is 38.2 Å². The fraction of sp³-hybridized carbons (Fsp3) is 0.600. The van der Waals surface area contributed by atoms with E-state index in [9.17, 15) is 0 Å². The van der Waals surface area contributed by atoms with Crippen LogP contribution in [0.2, 0.25) is 0 Å². The third kappa shape index (κ3) is 3.72. The van der Waals surface area contributed by atoms with Crippen molar-refractivity contribution in [2.75, 3.05) is 19.6 Å². The summed E-state index contributed by atoms with van der Waals surface area (Å²) in [5.74, 6) is 0. The molecule has 100 valence electrons. The topological polar surface area (TPSA) is 38.5 Å². The number of nitrogens with two attached hydrogens (primary N) is 1. The Morgan fingerprint density at radius 3 is 2.72 bits per heavy atom. The second-order valence-corrected chi connectivity index (χ2v) is 5.31. The highest BCUT2D eigenvalue weighted by atomic mass is 16.5. The van der Waals surface area contributed by atoms with E-state index in [0.29, 0.717) is 12.2 Å². The van der Waals surface area contributed by atoms with Crippen LogP contribution in [0.3, 0.4) is 0 Å². The SMILES string of the molecule is C[C@@H]1CN(CC2=C/C=C\CC/C=C\2N)C[C@H](C)O1. The normalized spacial score (nSPS) is 37.9. The van der Waals surface area contributed by atoms with Crippen molar-refractivity contribution in [3.05, 3.63) is 35.6 Å². The second kappa shape index (κ2) is 6.21. The lowest BCUT2D eigenvalue weighted by Crippen LogP contribution is -2.46. The summed E-state index contributed by atoms with van der Waals surface area (Å²) in [6.45, 7) is 7.16. The summed E-state index contributed by atoms with van der Waals surface area (Å²) in [6, 6.07) is 0. The van der Waals surface area contributed by atoms with Gasteiger partial charge in [-0.15, -0.1) is 0 Å². The van der Waals surface area contributed by atoms with Gasteiger partial charge in [0.1, 0.15) is 0 Å². The molecule has 2 N–H and O–H groups in total. The summed E-state index contributed by atoms with van der Waals surface area (Å²) >= 11 is 0. The zero-order valence-electron chi connectivity index (χ0n) is 11.4. The van der Waals surface area contributed by atoms with Gasteiger partial charge >= 0.3 is 0 Å². The Kier molecular flexibility index (Phi) is 4.61. The number of nitrogens with zero attached hydrogens (tertiary/aromatic N) is 1. The standard InChI is InChI=1S/C15H24N2O/c1-12-9-17(10-13(2)18-12)11-14-7-5-3-4-6-8-15(14)16/h3,5,7-8,12-13H,4,6,9-11,16H2,1-2H3/b5-3-,14-7-,15-8+/t12-,13+. The molecule has 0 aromatic heterocycles. The van der Waals surface area contributed by atoms with Gasteiger partial charge in [0.05, 0.1) is 12.2 Å². The largest absolute Gasteiger partial charge is 0.399 e. The van der Waals surface area contributed by atoms with E-state index in [1.807, 2.05) is 0 Å². The quantitative estimate of drug-likeness (QED) is 0.814. The van der Waals surface area contributed by atoms with Crippen LogP contribution in [-0.4, -0.2) is 36.7 Å². The molecule has 0 aromatic rings. The smallest absolute Gasteiger partial charge is 0.0678 e. The lowest BCUT2D eigenvalue weighted by molar-refractivity contribution is -0.0651. The van der Waals surface area contributed by atoms with Crippen molar-refractivity contribution in [1.82, 2.24) is 4.90 Å². The molecule has 2 rings (SSSR count). The van der Waals surface area contributed by atoms with Crippen molar-refractivity contribution in [3.63, 3.8) is 0 Å².